The van der Waals surface area contributed by atoms with Crippen LogP contribution in [0, 0.1) is 0 Å². The van der Waals surface area contributed by atoms with Gasteiger partial charge in [-0.15, -0.1) is 0 Å². The van der Waals surface area contributed by atoms with Crippen LogP contribution in [0.5, 0.6) is 0 Å². The van der Waals surface area contributed by atoms with Gasteiger partial charge in [0.15, 0.2) is 6.10 Å². The molecule has 6 nitrogen and oxygen atoms in total. The molecule has 0 rings (SSSR count). The van der Waals surface area contributed by atoms with Crippen LogP contribution in [0.15, 0.2) is 24.3 Å². The molecule has 0 aliphatic rings. The van der Waals surface area contributed by atoms with Gasteiger partial charge in [-0.2, -0.15) is 0 Å². The summed E-state index contributed by atoms with van der Waals surface area (Å²) in [6.45, 7) is 6.53. The van der Waals surface area contributed by atoms with E-state index < -0.39 is 6.10 Å². The van der Waals surface area contributed by atoms with Crippen molar-refractivity contribution in [1.82, 2.24) is 0 Å². The third-order valence-electron chi connectivity index (χ3n) is 10.5. The van der Waals surface area contributed by atoms with Gasteiger partial charge in [-0.25, -0.2) is 0 Å². The maximum absolute atomic E-state index is 12.6. The highest BCUT2D eigenvalue weighted by atomic mass is 16.6. The summed E-state index contributed by atoms with van der Waals surface area (Å²) in [6, 6.07) is 0. The highest BCUT2D eigenvalue weighted by molar-refractivity contribution is 5.71. The summed E-state index contributed by atoms with van der Waals surface area (Å²) in [5.41, 5.74) is 0. The van der Waals surface area contributed by atoms with Gasteiger partial charge in [-0.1, -0.05) is 206 Å². The number of unbranched alkanes of at least 4 members (excludes halogenated alkanes) is 28. The number of hydrogen-bond donors (Lipinski definition) is 0. The lowest BCUT2D eigenvalue weighted by molar-refractivity contribution is -0.167. The van der Waals surface area contributed by atoms with E-state index in [0.717, 1.165) is 70.6 Å². The van der Waals surface area contributed by atoms with Crippen molar-refractivity contribution in [3.8, 4) is 0 Å². The van der Waals surface area contributed by atoms with E-state index in [1.165, 1.54) is 141 Å². The first-order chi connectivity index (χ1) is 27.0. The maximum Gasteiger partial charge on any atom is 0.306 e. The topological polar surface area (TPSA) is 78.9 Å². The van der Waals surface area contributed by atoms with E-state index in [1.54, 1.807) is 0 Å². The average Bonchev–Trinajstić information content (AvgIpc) is 3.18. The van der Waals surface area contributed by atoms with Crippen molar-refractivity contribution in [2.24, 2.45) is 0 Å². The molecule has 6 heteroatoms. The zero-order valence-electron chi connectivity index (χ0n) is 36.7. The molecule has 0 saturated heterocycles. The van der Waals surface area contributed by atoms with Gasteiger partial charge in [-0.05, 0) is 51.4 Å². The molecule has 0 aliphatic heterocycles. The Labute approximate surface area is 341 Å². The molecule has 1 unspecified atom stereocenters. The van der Waals surface area contributed by atoms with E-state index in [0.29, 0.717) is 19.3 Å². The highest BCUT2D eigenvalue weighted by Crippen LogP contribution is 2.15. The van der Waals surface area contributed by atoms with Crippen LogP contribution in [0.25, 0.3) is 0 Å². The fraction of sp³-hybridized carbons (Fsp3) is 0.857. The third-order valence-corrected chi connectivity index (χ3v) is 10.5. The minimum absolute atomic E-state index is 0.0697. The standard InChI is InChI=1S/C49H90O6/c1-4-7-10-13-15-17-18-19-20-21-22-23-24-25-26-27-28-29-30-32-33-36-39-42-48(51)54-45-46(44-53-47(50)41-38-35-12-9-6-3)55-49(52)43-40-37-34-31-16-14-11-8-5-2/h18-19,21-22,46H,4-17,20,23-45H2,1-3H3/b19-18-,22-21-. The van der Waals surface area contributed by atoms with Gasteiger partial charge in [0.2, 0.25) is 0 Å². The van der Waals surface area contributed by atoms with Crippen LogP contribution in [0.1, 0.15) is 252 Å². The molecule has 0 bridgehead atoms. The Balaban J connectivity index is 4.03. The minimum atomic E-state index is -0.761. The van der Waals surface area contributed by atoms with E-state index >= 15 is 0 Å². The zero-order valence-corrected chi connectivity index (χ0v) is 36.7. The third kappa shape index (κ3) is 42.9. The number of ether oxygens (including phenoxy) is 3. The fourth-order valence-electron chi connectivity index (χ4n) is 6.82. The Hall–Kier alpha value is -2.11. The van der Waals surface area contributed by atoms with Crippen molar-refractivity contribution in [3.05, 3.63) is 24.3 Å². The summed E-state index contributed by atoms with van der Waals surface area (Å²) in [6.07, 6.45) is 49.2. The van der Waals surface area contributed by atoms with Crippen molar-refractivity contribution >= 4 is 17.9 Å². The van der Waals surface area contributed by atoms with Gasteiger partial charge in [0.05, 0.1) is 0 Å². The maximum atomic E-state index is 12.6. The molecule has 0 amide bonds. The summed E-state index contributed by atoms with van der Waals surface area (Å²) in [4.78, 5) is 37.4. The molecule has 0 aromatic carbocycles. The monoisotopic (exact) mass is 775 g/mol. The van der Waals surface area contributed by atoms with Crippen LogP contribution in [0.3, 0.4) is 0 Å². The van der Waals surface area contributed by atoms with Crippen LogP contribution in [-0.4, -0.2) is 37.2 Å². The van der Waals surface area contributed by atoms with Crippen LogP contribution < -0.4 is 0 Å². The number of carbonyl (C=O) groups is 3. The summed E-state index contributed by atoms with van der Waals surface area (Å²) in [5.74, 6) is -0.883. The Kier molecular flexibility index (Phi) is 42.9. The highest BCUT2D eigenvalue weighted by Gasteiger charge is 2.19. The van der Waals surface area contributed by atoms with Gasteiger partial charge in [0, 0.05) is 19.3 Å². The predicted molar refractivity (Wildman–Crippen MR) is 233 cm³/mol. The average molecular weight is 775 g/mol. The molecule has 0 aromatic rings. The van der Waals surface area contributed by atoms with E-state index in [2.05, 4.69) is 45.1 Å². The number of allylic oxidation sites excluding steroid dienone is 4. The lowest BCUT2D eigenvalue weighted by atomic mass is 10.0. The van der Waals surface area contributed by atoms with Gasteiger partial charge in [-0.3, -0.25) is 14.4 Å². The van der Waals surface area contributed by atoms with Crippen molar-refractivity contribution in [2.75, 3.05) is 13.2 Å². The molecule has 1 atom stereocenters. The second-order valence-electron chi connectivity index (χ2n) is 16.0. The van der Waals surface area contributed by atoms with Crippen molar-refractivity contribution in [1.29, 1.82) is 0 Å². The first kappa shape index (κ1) is 52.9. The van der Waals surface area contributed by atoms with E-state index in [1.807, 2.05) is 0 Å². The van der Waals surface area contributed by atoms with E-state index in [-0.39, 0.29) is 31.1 Å². The van der Waals surface area contributed by atoms with Gasteiger partial charge in [0.1, 0.15) is 13.2 Å². The molecule has 0 aromatic heterocycles. The Morgan fingerprint density at radius 2 is 0.655 bits per heavy atom. The normalized spacial score (nSPS) is 12.1. The van der Waals surface area contributed by atoms with Crippen LogP contribution in [0.4, 0.5) is 0 Å². The summed E-state index contributed by atoms with van der Waals surface area (Å²) >= 11 is 0. The lowest BCUT2D eigenvalue weighted by Crippen LogP contribution is -2.30. The first-order valence-corrected chi connectivity index (χ1v) is 23.8. The molecule has 0 aliphatic carbocycles. The molecular weight excluding hydrogens is 685 g/mol. The Bertz CT molecular complexity index is 896. The van der Waals surface area contributed by atoms with Crippen LogP contribution in [0.2, 0.25) is 0 Å². The van der Waals surface area contributed by atoms with Gasteiger partial charge >= 0.3 is 17.9 Å². The second kappa shape index (κ2) is 44.6. The molecule has 0 radical (unpaired) electrons. The number of carbonyl (C=O) groups excluding carboxylic acids is 3. The van der Waals surface area contributed by atoms with E-state index in [9.17, 15) is 14.4 Å². The SMILES string of the molecule is CCCCCCC/C=C\C/C=C\CCCCCCCCCCCCCC(=O)OCC(COC(=O)CCCCCCC)OC(=O)CCCCCCCCCCC. The zero-order chi connectivity index (χ0) is 40.1. The lowest BCUT2D eigenvalue weighted by Gasteiger charge is -2.18. The van der Waals surface area contributed by atoms with Crippen molar-refractivity contribution in [2.45, 2.75) is 258 Å². The number of esters is 3. The molecule has 0 fully saturated rings. The Morgan fingerprint density at radius 1 is 0.364 bits per heavy atom. The molecule has 322 valence electrons. The fourth-order valence-corrected chi connectivity index (χ4v) is 6.82. The smallest absolute Gasteiger partial charge is 0.306 e. The van der Waals surface area contributed by atoms with Crippen LogP contribution in [-0.2, 0) is 28.6 Å². The quantitative estimate of drug-likeness (QED) is 0.0266. The summed E-state index contributed by atoms with van der Waals surface area (Å²) in [7, 11) is 0. The Morgan fingerprint density at radius 3 is 1.00 bits per heavy atom. The molecule has 0 N–H and O–H groups in total. The van der Waals surface area contributed by atoms with Crippen molar-refractivity contribution in [3.63, 3.8) is 0 Å². The molecule has 0 saturated carbocycles. The second-order valence-corrected chi connectivity index (χ2v) is 16.0. The predicted octanol–water partition coefficient (Wildman–Crippen LogP) is 15.2. The molecule has 0 spiro atoms. The largest absolute Gasteiger partial charge is 0.462 e. The van der Waals surface area contributed by atoms with Gasteiger partial charge < -0.3 is 14.2 Å². The molecule has 0 heterocycles. The molecule has 55 heavy (non-hydrogen) atoms. The molecular formula is C49H90O6. The summed E-state index contributed by atoms with van der Waals surface area (Å²) < 4.78 is 16.6. The van der Waals surface area contributed by atoms with Crippen molar-refractivity contribution < 1.29 is 28.6 Å². The summed E-state index contributed by atoms with van der Waals surface area (Å²) in [5, 5.41) is 0. The van der Waals surface area contributed by atoms with Gasteiger partial charge in [0.25, 0.3) is 0 Å². The van der Waals surface area contributed by atoms with E-state index in [4.69, 9.17) is 14.2 Å². The number of hydrogen-bond acceptors (Lipinski definition) is 6. The minimum Gasteiger partial charge on any atom is -0.462 e. The number of rotatable bonds is 43. The first-order valence-electron chi connectivity index (χ1n) is 23.8. The van der Waals surface area contributed by atoms with Crippen LogP contribution >= 0.6 is 0 Å².